The first-order valence-corrected chi connectivity index (χ1v) is 7.82. The van der Waals surface area contributed by atoms with Gasteiger partial charge in [-0.25, -0.2) is 13.4 Å². The number of carboxylic acid groups (broad SMARTS) is 1. The fourth-order valence-corrected chi connectivity index (χ4v) is 3.12. The lowest BCUT2D eigenvalue weighted by atomic mass is 10.0. The Hall–Kier alpha value is -2.19. The van der Waals surface area contributed by atoms with Gasteiger partial charge in [-0.1, -0.05) is 24.3 Å². The molecule has 4 N–H and O–H groups in total. The zero-order valence-corrected chi connectivity index (χ0v) is 11.9. The summed E-state index contributed by atoms with van der Waals surface area (Å²) in [6.07, 6.45) is 2.95. The molecule has 21 heavy (non-hydrogen) atoms. The van der Waals surface area contributed by atoms with Crippen molar-refractivity contribution < 1.29 is 18.3 Å². The molecule has 0 amide bonds. The van der Waals surface area contributed by atoms with Gasteiger partial charge in [0.1, 0.15) is 6.04 Å². The van der Waals surface area contributed by atoms with Gasteiger partial charge >= 0.3 is 5.97 Å². The summed E-state index contributed by atoms with van der Waals surface area (Å²) in [6, 6.07) is 5.68. The molecule has 2 rings (SSSR count). The average molecular weight is 309 g/mol. The maximum Gasteiger partial charge on any atom is 0.320 e. The van der Waals surface area contributed by atoms with Crippen LogP contribution in [0.2, 0.25) is 0 Å². The fourth-order valence-electron chi connectivity index (χ4n) is 1.90. The van der Waals surface area contributed by atoms with Gasteiger partial charge in [0.2, 0.25) is 15.0 Å². The number of hydrogen-bond donors (Lipinski definition) is 3. The lowest BCUT2D eigenvalue weighted by molar-refractivity contribution is -0.138. The van der Waals surface area contributed by atoms with Gasteiger partial charge in [0, 0.05) is 12.4 Å². The van der Waals surface area contributed by atoms with Gasteiger partial charge in [0.05, 0.1) is 5.75 Å². The minimum atomic E-state index is -3.55. The van der Waals surface area contributed by atoms with Gasteiger partial charge < -0.3 is 15.8 Å². The van der Waals surface area contributed by atoms with E-state index in [0.717, 1.165) is 0 Å². The molecule has 0 aliphatic carbocycles. The Morgan fingerprint density at radius 3 is 2.71 bits per heavy atom. The summed E-state index contributed by atoms with van der Waals surface area (Å²) in [5, 5.41) is 8.70. The summed E-state index contributed by atoms with van der Waals surface area (Å²) < 4.78 is 24.2. The van der Waals surface area contributed by atoms with Crippen molar-refractivity contribution in [2.75, 3.05) is 0 Å². The third kappa shape index (κ3) is 3.89. The molecule has 8 heteroatoms. The van der Waals surface area contributed by atoms with Crippen molar-refractivity contribution in [3.05, 3.63) is 47.8 Å². The molecule has 1 heterocycles. The third-order valence-corrected chi connectivity index (χ3v) is 4.41. The third-order valence-electron chi connectivity index (χ3n) is 2.89. The van der Waals surface area contributed by atoms with Crippen LogP contribution in [0.3, 0.4) is 0 Å². The maximum atomic E-state index is 12.1. The van der Waals surface area contributed by atoms with E-state index in [2.05, 4.69) is 9.97 Å². The number of nitrogens with one attached hydrogen (secondary N) is 1. The van der Waals surface area contributed by atoms with Crippen molar-refractivity contribution >= 4 is 15.8 Å². The standard InChI is InChI=1S/C13H15N3O4S/c14-11(12(17)18)7-9-2-1-3-10(6-9)8-21(19,20)13-15-4-5-16-13/h1-6,11H,7-8,14H2,(H,15,16)(H,17,18). The highest BCUT2D eigenvalue weighted by Crippen LogP contribution is 2.14. The number of nitrogens with zero attached hydrogens (tertiary/aromatic N) is 1. The van der Waals surface area contributed by atoms with Gasteiger partial charge in [0.15, 0.2) is 0 Å². The van der Waals surface area contributed by atoms with Crippen LogP contribution in [0, 0.1) is 0 Å². The smallest absolute Gasteiger partial charge is 0.320 e. The normalized spacial score (nSPS) is 13.0. The number of aliphatic carboxylic acids is 1. The summed E-state index contributed by atoms with van der Waals surface area (Å²) in [5.41, 5.74) is 6.70. The summed E-state index contributed by atoms with van der Waals surface area (Å²) >= 11 is 0. The summed E-state index contributed by atoms with van der Waals surface area (Å²) in [5.74, 6) is -1.31. The number of hydrogen-bond acceptors (Lipinski definition) is 5. The van der Waals surface area contributed by atoms with Gasteiger partial charge in [-0.05, 0) is 17.5 Å². The zero-order valence-electron chi connectivity index (χ0n) is 11.1. The molecule has 0 bridgehead atoms. The molecule has 1 aromatic heterocycles. The predicted molar refractivity (Wildman–Crippen MR) is 75.2 cm³/mol. The molecule has 0 aliphatic rings. The van der Waals surface area contributed by atoms with E-state index in [0.29, 0.717) is 11.1 Å². The van der Waals surface area contributed by atoms with Crippen molar-refractivity contribution in [2.45, 2.75) is 23.4 Å². The molecule has 0 radical (unpaired) electrons. The summed E-state index contributed by atoms with van der Waals surface area (Å²) in [4.78, 5) is 17.0. The van der Waals surface area contributed by atoms with E-state index < -0.39 is 21.8 Å². The Morgan fingerprint density at radius 1 is 1.38 bits per heavy atom. The van der Waals surface area contributed by atoms with E-state index in [9.17, 15) is 13.2 Å². The largest absolute Gasteiger partial charge is 0.480 e. The van der Waals surface area contributed by atoms with Gasteiger partial charge in [0.25, 0.3) is 0 Å². The Morgan fingerprint density at radius 2 is 2.10 bits per heavy atom. The molecule has 1 aromatic carbocycles. The fraction of sp³-hybridized carbons (Fsp3) is 0.231. The van der Waals surface area contributed by atoms with E-state index in [-0.39, 0.29) is 17.3 Å². The highest BCUT2D eigenvalue weighted by molar-refractivity contribution is 7.90. The quantitative estimate of drug-likeness (QED) is 0.706. The van der Waals surface area contributed by atoms with Crippen LogP contribution >= 0.6 is 0 Å². The number of rotatable bonds is 6. The Labute approximate surface area is 121 Å². The number of carboxylic acids is 1. The van der Waals surface area contributed by atoms with Crippen molar-refractivity contribution in [2.24, 2.45) is 5.73 Å². The Balaban J connectivity index is 2.17. The van der Waals surface area contributed by atoms with Crippen LogP contribution < -0.4 is 5.73 Å². The second kappa shape index (κ2) is 6.06. The second-order valence-corrected chi connectivity index (χ2v) is 6.53. The molecule has 112 valence electrons. The van der Waals surface area contributed by atoms with E-state index >= 15 is 0 Å². The summed E-state index contributed by atoms with van der Waals surface area (Å²) in [6.45, 7) is 0. The Kier molecular flexibility index (Phi) is 4.39. The average Bonchev–Trinajstić information content (AvgIpc) is 2.93. The van der Waals surface area contributed by atoms with Crippen LogP contribution in [0.1, 0.15) is 11.1 Å². The van der Waals surface area contributed by atoms with Gasteiger partial charge in [-0.3, -0.25) is 4.79 Å². The molecule has 0 aliphatic heterocycles. The number of aromatic amines is 1. The first-order chi connectivity index (χ1) is 9.88. The molecule has 0 saturated carbocycles. The minimum absolute atomic E-state index is 0.0878. The predicted octanol–water partition coefficient (Wildman–Crippen LogP) is 0.338. The van der Waals surface area contributed by atoms with Crippen LogP contribution in [0.4, 0.5) is 0 Å². The molecular weight excluding hydrogens is 294 g/mol. The summed E-state index contributed by atoms with van der Waals surface area (Å²) in [7, 11) is -3.55. The lowest BCUT2D eigenvalue weighted by Gasteiger charge is -2.08. The highest BCUT2D eigenvalue weighted by atomic mass is 32.2. The van der Waals surface area contributed by atoms with Gasteiger partial charge in [-0.2, -0.15) is 0 Å². The Bertz CT molecular complexity index is 726. The number of nitrogens with two attached hydrogens (primary N) is 1. The number of aromatic nitrogens is 2. The maximum absolute atomic E-state index is 12.1. The van der Waals surface area contributed by atoms with Crippen molar-refractivity contribution in [1.29, 1.82) is 0 Å². The van der Waals surface area contributed by atoms with Crippen LogP contribution in [0.5, 0.6) is 0 Å². The number of carbonyl (C=O) groups is 1. The van der Waals surface area contributed by atoms with Crippen molar-refractivity contribution in [3.8, 4) is 0 Å². The van der Waals surface area contributed by atoms with Crippen LogP contribution in [0.15, 0.2) is 41.8 Å². The molecule has 1 atom stereocenters. The van der Waals surface area contributed by atoms with Gasteiger partial charge in [-0.15, -0.1) is 0 Å². The zero-order chi connectivity index (χ0) is 15.5. The first kappa shape index (κ1) is 15.2. The van der Waals surface area contributed by atoms with Crippen molar-refractivity contribution in [1.82, 2.24) is 9.97 Å². The van der Waals surface area contributed by atoms with Crippen LogP contribution in [-0.2, 0) is 26.8 Å². The highest BCUT2D eigenvalue weighted by Gasteiger charge is 2.18. The SMILES string of the molecule is NC(Cc1cccc(CS(=O)(=O)c2ncc[nH]2)c1)C(=O)O. The van der Waals surface area contributed by atoms with Crippen LogP contribution in [0.25, 0.3) is 0 Å². The number of H-pyrrole nitrogens is 1. The van der Waals surface area contributed by atoms with E-state index in [1.54, 1.807) is 24.3 Å². The molecular formula is C13H15N3O4S. The number of benzene rings is 1. The molecule has 0 fully saturated rings. The van der Waals surface area contributed by atoms with Crippen LogP contribution in [-0.4, -0.2) is 35.5 Å². The van der Waals surface area contributed by atoms with E-state index in [1.807, 2.05) is 0 Å². The molecule has 7 nitrogen and oxygen atoms in total. The van der Waals surface area contributed by atoms with E-state index in [1.165, 1.54) is 12.4 Å². The molecule has 1 unspecified atom stereocenters. The number of sulfone groups is 1. The lowest BCUT2D eigenvalue weighted by Crippen LogP contribution is -2.32. The van der Waals surface area contributed by atoms with Crippen molar-refractivity contribution in [3.63, 3.8) is 0 Å². The molecule has 2 aromatic rings. The topological polar surface area (TPSA) is 126 Å². The molecule has 0 spiro atoms. The first-order valence-electron chi connectivity index (χ1n) is 6.17. The molecule has 0 saturated heterocycles. The monoisotopic (exact) mass is 309 g/mol. The minimum Gasteiger partial charge on any atom is -0.480 e. The van der Waals surface area contributed by atoms with E-state index in [4.69, 9.17) is 10.8 Å². The number of imidazole rings is 1. The second-order valence-electron chi connectivity index (χ2n) is 4.62.